The molecular weight excluding hydrogens is 546 g/mol. The van der Waals surface area contributed by atoms with Gasteiger partial charge in [-0.3, -0.25) is 19.3 Å². The highest BCUT2D eigenvalue weighted by Crippen LogP contribution is 2.46. The van der Waals surface area contributed by atoms with Crippen molar-refractivity contribution in [3.63, 3.8) is 0 Å². The first-order valence-electron chi connectivity index (χ1n) is 14.7. The fourth-order valence-corrected chi connectivity index (χ4v) is 6.40. The number of para-hydroxylation sites is 3. The molecule has 3 amide bonds. The number of aliphatic hydroxyl groups is 2. The quantitative estimate of drug-likeness (QED) is 0.389. The Morgan fingerprint density at radius 2 is 1.84 bits per heavy atom. The maximum Gasteiger partial charge on any atom is 0.269 e. The third-order valence-electron chi connectivity index (χ3n) is 8.68. The molecule has 43 heavy (non-hydrogen) atoms. The number of fused-ring (bicyclic) bond motifs is 2. The van der Waals surface area contributed by atoms with Crippen LogP contribution in [0.3, 0.4) is 0 Å². The van der Waals surface area contributed by atoms with E-state index in [1.54, 1.807) is 45.9 Å². The first-order valence-corrected chi connectivity index (χ1v) is 14.7. The van der Waals surface area contributed by atoms with Gasteiger partial charge >= 0.3 is 0 Å². The Labute approximate surface area is 250 Å². The lowest BCUT2D eigenvalue weighted by Gasteiger charge is -2.30. The monoisotopic (exact) mass is 581 g/mol. The fourth-order valence-electron chi connectivity index (χ4n) is 6.40. The summed E-state index contributed by atoms with van der Waals surface area (Å²) in [4.78, 5) is 44.5. The average molecular weight is 582 g/mol. The maximum atomic E-state index is 14.0. The van der Waals surface area contributed by atoms with Crippen molar-refractivity contribution in [2.75, 3.05) is 29.6 Å². The smallest absolute Gasteiger partial charge is 0.269 e. The summed E-state index contributed by atoms with van der Waals surface area (Å²) in [6, 6.07) is 21.9. The molecule has 9 nitrogen and oxygen atoms in total. The van der Waals surface area contributed by atoms with E-state index in [1.165, 1.54) is 0 Å². The summed E-state index contributed by atoms with van der Waals surface area (Å²) in [5.74, 6) is -0.703. The van der Waals surface area contributed by atoms with Crippen LogP contribution < -0.4 is 14.5 Å². The molecule has 3 aliphatic heterocycles. The Bertz CT molecular complexity index is 1590. The third kappa shape index (κ3) is 5.08. The number of carbonyl (C=O) groups is 3. The summed E-state index contributed by atoms with van der Waals surface area (Å²) in [6.45, 7) is 2.48. The van der Waals surface area contributed by atoms with Gasteiger partial charge in [-0.2, -0.15) is 0 Å². The predicted molar refractivity (Wildman–Crippen MR) is 162 cm³/mol. The Kier molecular flexibility index (Phi) is 7.77. The second-order valence-corrected chi connectivity index (χ2v) is 11.3. The molecule has 0 aliphatic carbocycles. The van der Waals surface area contributed by atoms with Crippen LogP contribution in [0.25, 0.3) is 0 Å². The number of likely N-dealkylation sites (tertiary alicyclic amines) is 1. The zero-order valence-corrected chi connectivity index (χ0v) is 24.1. The lowest BCUT2D eigenvalue weighted by molar-refractivity contribution is -0.139. The lowest BCUT2D eigenvalue weighted by atomic mass is 9.83. The van der Waals surface area contributed by atoms with E-state index in [-0.39, 0.29) is 44.0 Å². The minimum absolute atomic E-state index is 0.0499. The number of rotatable bonds is 8. The van der Waals surface area contributed by atoms with Crippen molar-refractivity contribution in [3.8, 4) is 5.75 Å². The molecule has 222 valence electrons. The summed E-state index contributed by atoms with van der Waals surface area (Å²) < 4.78 is 5.59. The van der Waals surface area contributed by atoms with E-state index in [2.05, 4.69) is 0 Å². The Balaban J connectivity index is 1.23. The van der Waals surface area contributed by atoms with Gasteiger partial charge in [0.15, 0.2) is 12.2 Å². The lowest BCUT2D eigenvalue weighted by Crippen LogP contribution is -2.44. The highest BCUT2D eigenvalue weighted by molar-refractivity contribution is 6.07. The number of carbonyl (C=O) groups excluding carboxylic acids is 3. The van der Waals surface area contributed by atoms with Gasteiger partial charge in [0.25, 0.3) is 11.8 Å². The Morgan fingerprint density at radius 3 is 2.65 bits per heavy atom. The van der Waals surface area contributed by atoms with Crippen LogP contribution in [-0.2, 0) is 26.5 Å². The molecule has 3 heterocycles. The zero-order chi connectivity index (χ0) is 30.1. The third-order valence-corrected chi connectivity index (χ3v) is 8.68. The molecule has 3 aromatic rings. The summed E-state index contributed by atoms with van der Waals surface area (Å²) in [5.41, 5.74) is 1.43. The molecule has 0 aromatic heterocycles. The second kappa shape index (κ2) is 11.7. The van der Waals surface area contributed by atoms with E-state index in [4.69, 9.17) is 4.74 Å². The van der Waals surface area contributed by atoms with Crippen LogP contribution in [0.5, 0.6) is 5.75 Å². The number of anilines is 3. The molecule has 3 aromatic carbocycles. The zero-order valence-electron chi connectivity index (χ0n) is 24.1. The van der Waals surface area contributed by atoms with Gasteiger partial charge in [-0.25, -0.2) is 0 Å². The highest BCUT2D eigenvalue weighted by atomic mass is 16.5. The van der Waals surface area contributed by atoms with Crippen LogP contribution >= 0.6 is 0 Å². The van der Waals surface area contributed by atoms with Crippen molar-refractivity contribution < 1.29 is 29.3 Å². The average Bonchev–Trinajstić information content (AvgIpc) is 3.59. The van der Waals surface area contributed by atoms with E-state index in [0.29, 0.717) is 34.9 Å². The van der Waals surface area contributed by atoms with Gasteiger partial charge in [-0.05, 0) is 48.7 Å². The second-order valence-electron chi connectivity index (χ2n) is 11.3. The normalized spacial score (nSPS) is 22.1. The van der Waals surface area contributed by atoms with Gasteiger partial charge in [0.05, 0.1) is 30.6 Å². The van der Waals surface area contributed by atoms with Crippen LogP contribution in [0.4, 0.5) is 17.1 Å². The molecule has 1 saturated heterocycles. The van der Waals surface area contributed by atoms with Crippen LogP contribution in [0, 0.1) is 5.92 Å². The van der Waals surface area contributed by atoms with Gasteiger partial charge in [-0.15, -0.1) is 0 Å². The molecule has 3 atom stereocenters. The number of hydrogen-bond acceptors (Lipinski definition) is 6. The minimum Gasteiger partial charge on any atom is -0.482 e. The minimum atomic E-state index is -1.81. The SMILES string of the molecule is C[C@H](/C=C/CC(=O)N1CCC[C@H]1CO)[C@@]1(O)C(=O)N(Cc2cccc(N3C(=O)COc4ccccc43)c2)c2ccccc21. The van der Waals surface area contributed by atoms with Gasteiger partial charge in [0.1, 0.15) is 5.75 Å². The van der Waals surface area contributed by atoms with Crippen molar-refractivity contribution in [2.45, 2.75) is 44.4 Å². The topological polar surface area (TPSA) is 111 Å². The van der Waals surface area contributed by atoms with Crippen molar-refractivity contribution in [1.82, 2.24) is 4.90 Å². The van der Waals surface area contributed by atoms with E-state index in [1.807, 2.05) is 60.7 Å². The Hall–Kier alpha value is -4.47. The van der Waals surface area contributed by atoms with Gasteiger partial charge < -0.3 is 24.7 Å². The summed E-state index contributed by atoms with van der Waals surface area (Å²) in [6.07, 6.45) is 5.23. The van der Waals surface area contributed by atoms with E-state index in [9.17, 15) is 24.6 Å². The molecule has 3 aliphatic rings. The van der Waals surface area contributed by atoms with Crippen LogP contribution in [0.2, 0.25) is 0 Å². The van der Waals surface area contributed by atoms with E-state index in [0.717, 1.165) is 18.4 Å². The first-order chi connectivity index (χ1) is 20.8. The van der Waals surface area contributed by atoms with Gasteiger partial charge in [-0.1, -0.05) is 61.5 Å². The van der Waals surface area contributed by atoms with Crippen LogP contribution in [-0.4, -0.2) is 58.6 Å². The molecule has 0 bridgehead atoms. The molecule has 0 unspecified atom stereocenters. The van der Waals surface area contributed by atoms with Crippen molar-refractivity contribution in [3.05, 3.63) is 96.1 Å². The van der Waals surface area contributed by atoms with Crippen molar-refractivity contribution in [2.24, 2.45) is 5.92 Å². The number of amides is 3. The highest BCUT2D eigenvalue weighted by Gasteiger charge is 2.52. The fraction of sp³-hybridized carbons (Fsp3) is 0.324. The standard InChI is InChI=1S/C34H35N3O6/c1-23(9-6-17-31(39)35-18-8-12-26(35)21-38)34(42)27-13-2-3-14-28(27)36(33(34)41)20-24-10-7-11-25(19-24)37-29-15-4-5-16-30(29)43-22-32(37)40/h2-7,9-11,13-16,19,23,26,38,42H,8,12,17-18,20-22H2,1H3/b9-6+/t23-,26+,34+/m1/s1. The first kappa shape index (κ1) is 28.6. The van der Waals surface area contributed by atoms with Gasteiger partial charge in [0.2, 0.25) is 5.91 Å². The predicted octanol–water partition coefficient (Wildman–Crippen LogP) is 4.04. The van der Waals surface area contributed by atoms with E-state index >= 15 is 0 Å². The van der Waals surface area contributed by atoms with Crippen molar-refractivity contribution >= 4 is 34.8 Å². The number of ether oxygens (including phenoxy) is 1. The summed E-state index contributed by atoms with van der Waals surface area (Å²) >= 11 is 0. The molecule has 6 rings (SSSR count). The van der Waals surface area contributed by atoms with Crippen molar-refractivity contribution in [1.29, 1.82) is 0 Å². The number of hydrogen-bond donors (Lipinski definition) is 2. The Morgan fingerprint density at radius 1 is 1.07 bits per heavy atom. The maximum absolute atomic E-state index is 14.0. The molecule has 0 spiro atoms. The number of benzene rings is 3. The summed E-state index contributed by atoms with van der Waals surface area (Å²) in [5, 5.41) is 21.5. The molecule has 1 fully saturated rings. The van der Waals surface area contributed by atoms with Crippen LogP contribution in [0.1, 0.15) is 37.3 Å². The molecular formula is C34H35N3O6. The van der Waals surface area contributed by atoms with E-state index < -0.39 is 17.4 Å². The summed E-state index contributed by atoms with van der Waals surface area (Å²) in [7, 11) is 0. The molecule has 0 saturated carbocycles. The largest absolute Gasteiger partial charge is 0.482 e. The number of aliphatic hydroxyl groups excluding tert-OH is 1. The van der Waals surface area contributed by atoms with Gasteiger partial charge in [0, 0.05) is 30.1 Å². The molecule has 9 heteroatoms. The number of nitrogens with zero attached hydrogens (tertiary/aromatic N) is 3. The molecule has 2 N–H and O–H groups in total. The van der Waals surface area contributed by atoms with Crippen LogP contribution in [0.15, 0.2) is 84.9 Å². The molecule has 0 radical (unpaired) electrons.